The summed E-state index contributed by atoms with van der Waals surface area (Å²) in [4.78, 5) is 2.71. The third-order valence-corrected chi connectivity index (χ3v) is 11.6. The molecule has 0 radical (unpaired) electrons. The number of rotatable bonds is 6. The van der Waals surface area contributed by atoms with Gasteiger partial charge < -0.3 is 10.1 Å². The molecular weight excluding hydrogens is 454 g/mol. The van der Waals surface area contributed by atoms with E-state index in [-0.39, 0.29) is 24.4 Å². The minimum Gasteiger partial charge on any atom is -0.380 e. The Morgan fingerprint density at radius 3 is 2.71 bits per heavy atom. The van der Waals surface area contributed by atoms with Gasteiger partial charge in [0.1, 0.15) is 5.25 Å². The van der Waals surface area contributed by atoms with E-state index in [9.17, 15) is 8.42 Å². The second-order valence-corrected chi connectivity index (χ2v) is 13.8. The van der Waals surface area contributed by atoms with Crippen molar-refractivity contribution in [1.29, 1.82) is 0 Å². The first-order chi connectivity index (χ1) is 16.4. The summed E-state index contributed by atoms with van der Waals surface area (Å²) in [5, 5.41) is 7.41. The summed E-state index contributed by atoms with van der Waals surface area (Å²) in [5.41, 5.74) is 7.46. The maximum Gasteiger partial charge on any atom is 0.217 e. The van der Waals surface area contributed by atoms with Gasteiger partial charge in [-0.05, 0) is 69.4 Å². The van der Waals surface area contributed by atoms with Gasteiger partial charge >= 0.3 is 0 Å². The molecule has 6 fully saturated rings. The number of hydrogen-bond donors (Lipinski definition) is 4. The Bertz CT molecular complexity index is 856. The molecule has 7 unspecified atom stereocenters. The van der Waals surface area contributed by atoms with Gasteiger partial charge in [-0.25, -0.2) is 23.2 Å². The third-order valence-electron chi connectivity index (χ3n) is 9.76. The van der Waals surface area contributed by atoms with Crippen LogP contribution in [0.25, 0.3) is 0 Å². The lowest BCUT2D eigenvalue weighted by Gasteiger charge is -2.41. The van der Waals surface area contributed by atoms with Crippen molar-refractivity contribution in [3.05, 3.63) is 0 Å². The standard InChI is InChI=1S/C23H43N7O3S/c1-28-22-16(12-25-28)3-4-19(33-2)21(22)27-34(31,32)18-13-26-30(14-18)20-11-17(5-9-24-20)29-10-8-23(15-29)6-7-23/h16-22,24-27H,3-15H2,1-2H3. The minimum absolute atomic E-state index is 0.0974. The predicted octanol–water partition coefficient (Wildman–Crippen LogP) is -0.729. The number of likely N-dealkylation sites (tertiary alicyclic amines) is 1. The van der Waals surface area contributed by atoms with Gasteiger partial charge in [0.25, 0.3) is 0 Å². The van der Waals surface area contributed by atoms with Crippen molar-refractivity contribution < 1.29 is 13.2 Å². The molecule has 0 aromatic rings. The molecule has 0 bridgehead atoms. The van der Waals surface area contributed by atoms with Crippen molar-refractivity contribution >= 4 is 10.0 Å². The number of hydrogen-bond acceptors (Lipinski definition) is 9. The predicted molar refractivity (Wildman–Crippen MR) is 130 cm³/mol. The van der Waals surface area contributed by atoms with Crippen LogP contribution in [0.2, 0.25) is 0 Å². The Kier molecular flexibility index (Phi) is 6.48. The molecule has 1 spiro atoms. The molecule has 6 rings (SSSR count). The van der Waals surface area contributed by atoms with Crippen LogP contribution in [0.4, 0.5) is 0 Å². The van der Waals surface area contributed by atoms with Gasteiger partial charge in [-0.2, -0.15) is 0 Å². The van der Waals surface area contributed by atoms with Crippen LogP contribution in [-0.4, -0.2) is 112 Å². The zero-order chi connectivity index (χ0) is 23.5. The largest absolute Gasteiger partial charge is 0.380 e. The topological polar surface area (TPSA) is 101 Å². The number of methoxy groups -OCH3 is 1. The molecule has 0 aromatic heterocycles. The molecule has 2 saturated carbocycles. The maximum atomic E-state index is 13.5. The first kappa shape index (κ1) is 24.0. The highest BCUT2D eigenvalue weighted by atomic mass is 32.2. The molecule has 2 aliphatic carbocycles. The highest BCUT2D eigenvalue weighted by Gasteiger charge is 2.50. The first-order valence-electron chi connectivity index (χ1n) is 13.4. The molecule has 7 atom stereocenters. The number of piperidine rings is 1. The van der Waals surface area contributed by atoms with Crippen molar-refractivity contribution in [1.82, 2.24) is 35.8 Å². The Balaban J connectivity index is 1.08. The number of likely N-dealkylation sites (N-methyl/N-ethyl adjacent to an activating group) is 1. The normalized spacial score (nSPS) is 43.5. The highest BCUT2D eigenvalue weighted by molar-refractivity contribution is 7.90. The SMILES string of the molecule is COC1CCC2CNN(C)C2C1NS(=O)(=O)C1CNN(C2CC(N3CCC4(CC4)C3)CCN2)C1. The van der Waals surface area contributed by atoms with Crippen LogP contribution in [0.1, 0.15) is 44.9 Å². The maximum absolute atomic E-state index is 13.5. The number of nitrogens with one attached hydrogen (secondary N) is 4. The van der Waals surface area contributed by atoms with Crippen molar-refractivity contribution in [2.75, 3.05) is 53.4 Å². The second kappa shape index (κ2) is 9.18. The van der Waals surface area contributed by atoms with Gasteiger partial charge in [-0.15, -0.1) is 0 Å². The molecule has 10 nitrogen and oxygen atoms in total. The van der Waals surface area contributed by atoms with Crippen LogP contribution >= 0.6 is 0 Å². The van der Waals surface area contributed by atoms with Crippen LogP contribution in [-0.2, 0) is 14.8 Å². The number of nitrogens with zero attached hydrogens (tertiary/aromatic N) is 3. The van der Waals surface area contributed by atoms with Gasteiger partial charge in [0, 0.05) is 52.4 Å². The molecule has 34 heavy (non-hydrogen) atoms. The zero-order valence-corrected chi connectivity index (χ0v) is 21.5. The van der Waals surface area contributed by atoms with E-state index in [1.807, 2.05) is 7.05 Å². The lowest BCUT2D eigenvalue weighted by Crippen LogP contribution is -2.61. The van der Waals surface area contributed by atoms with Gasteiger partial charge in [0.2, 0.25) is 10.0 Å². The highest BCUT2D eigenvalue weighted by Crippen LogP contribution is 2.53. The van der Waals surface area contributed by atoms with Crippen LogP contribution < -0.4 is 20.9 Å². The second-order valence-electron chi connectivity index (χ2n) is 11.8. The monoisotopic (exact) mass is 497 g/mol. The Labute approximate surface area is 204 Å². The molecule has 6 aliphatic rings. The smallest absolute Gasteiger partial charge is 0.217 e. The summed E-state index contributed by atoms with van der Waals surface area (Å²) >= 11 is 0. The van der Waals surface area contributed by atoms with Crippen LogP contribution in [0.3, 0.4) is 0 Å². The van der Waals surface area contributed by atoms with Crippen LogP contribution in [0.5, 0.6) is 0 Å². The van der Waals surface area contributed by atoms with E-state index >= 15 is 0 Å². The quantitative estimate of drug-likeness (QED) is 0.378. The van der Waals surface area contributed by atoms with E-state index < -0.39 is 15.3 Å². The summed E-state index contributed by atoms with van der Waals surface area (Å²) in [6, 6.07) is 0.494. The summed E-state index contributed by atoms with van der Waals surface area (Å²) in [7, 11) is 0.212. The number of hydrazine groups is 2. The van der Waals surface area contributed by atoms with E-state index in [0.29, 0.717) is 30.5 Å². The van der Waals surface area contributed by atoms with Crippen molar-refractivity contribution in [3.63, 3.8) is 0 Å². The number of ether oxygens (including phenoxy) is 1. The molecule has 194 valence electrons. The zero-order valence-electron chi connectivity index (χ0n) is 20.7. The Hall–Kier alpha value is -0.370. The molecule has 0 aromatic carbocycles. The van der Waals surface area contributed by atoms with Crippen molar-refractivity contribution in [2.45, 2.75) is 80.6 Å². The molecule has 0 amide bonds. The van der Waals surface area contributed by atoms with Crippen LogP contribution in [0, 0.1) is 11.3 Å². The van der Waals surface area contributed by atoms with Gasteiger partial charge in [-0.3, -0.25) is 15.8 Å². The number of fused-ring (bicyclic) bond motifs is 1. The van der Waals surface area contributed by atoms with E-state index in [0.717, 1.165) is 32.4 Å². The van der Waals surface area contributed by atoms with E-state index in [1.54, 1.807) is 7.11 Å². The average Bonchev–Trinajstić information content (AvgIpc) is 3.18. The number of sulfonamides is 1. The van der Waals surface area contributed by atoms with Crippen LogP contribution in [0.15, 0.2) is 0 Å². The third kappa shape index (κ3) is 4.45. The summed E-state index contributed by atoms with van der Waals surface area (Å²) in [6.45, 7) is 5.37. The van der Waals surface area contributed by atoms with E-state index in [2.05, 4.69) is 35.8 Å². The molecule has 4 saturated heterocycles. The first-order valence-corrected chi connectivity index (χ1v) is 14.9. The van der Waals surface area contributed by atoms with E-state index in [1.165, 1.54) is 38.8 Å². The summed E-state index contributed by atoms with van der Waals surface area (Å²) in [6.07, 6.45) is 8.47. The molecule has 4 heterocycles. The lowest BCUT2D eigenvalue weighted by atomic mass is 9.80. The van der Waals surface area contributed by atoms with Crippen molar-refractivity contribution in [3.8, 4) is 0 Å². The van der Waals surface area contributed by atoms with Gasteiger partial charge in [0.05, 0.1) is 18.3 Å². The summed E-state index contributed by atoms with van der Waals surface area (Å²) < 4.78 is 35.9. The fraction of sp³-hybridized carbons (Fsp3) is 1.00. The lowest BCUT2D eigenvalue weighted by molar-refractivity contribution is 0.00328. The Morgan fingerprint density at radius 1 is 1.09 bits per heavy atom. The van der Waals surface area contributed by atoms with E-state index in [4.69, 9.17) is 4.74 Å². The molecule has 11 heteroatoms. The molecular formula is C23H43N7O3S. The van der Waals surface area contributed by atoms with Gasteiger partial charge in [0.15, 0.2) is 0 Å². The average molecular weight is 498 g/mol. The van der Waals surface area contributed by atoms with Gasteiger partial charge in [-0.1, -0.05) is 0 Å². The minimum atomic E-state index is -3.50. The fourth-order valence-electron chi connectivity index (χ4n) is 7.41. The summed E-state index contributed by atoms with van der Waals surface area (Å²) in [5.74, 6) is 0.450. The molecule has 4 N–H and O–H groups in total. The Morgan fingerprint density at radius 2 is 1.94 bits per heavy atom. The fourth-order valence-corrected chi connectivity index (χ4v) is 8.92. The molecule has 4 aliphatic heterocycles. The van der Waals surface area contributed by atoms with Crippen molar-refractivity contribution in [2.24, 2.45) is 11.3 Å².